The van der Waals surface area contributed by atoms with Crippen molar-refractivity contribution in [1.82, 2.24) is 5.32 Å². The van der Waals surface area contributed by atoms with Crippen LogP contribution < -0.4 is 10.6 Å². The number of anilines is 1. The molecule has 0 spiro atoms. The van der Waals surface area contributed by atoms with E-state index in [0.29, 0.717) is 15.7 Å². The van der Waals surface area contributed by atoms with Gasteiger partial charge in [0.2, 0.25) is 0 Å². The molecule has 5 heteroatoms. The van der Waals surface area contributed by atoms with E-state index in [2.05, 4.69) is 10.6 Å². The van der Waals surface area contributed by atoms with E-state index in [1.807, 2.05) is 44.2 Å². The summed E-state index contributed by atoms with van der Waals surface area (Å²) in [5.74, 6) is 0. The van der Waals surface area contributed by atoms with Crippen LogP contribution in [0.3, 0.4) is 0 Å². The second-order valence-corrected chi connectivity index (χ2v) is 6.57. The topological polar surface area (TPSA) is 41.1 Å². The van der Waals surface area contributed by atoms with Gasteiger partial charge in [0.05, 0.1) is 10.0 Å². The molecule has 2 amide bonds. The van der Waals surface area contributed by atoms with E-state index in [4.69, 9.17) is 23.2 Å². The fourth-order valence-corrected chi connectivity index (χ4v) is 2.49. The van der Waals surface area contributed by atoms with Crippen LogP contribution in [0.15, 0.2) is 48.5 Å². The van der Waals surface area contributed by atoms with Gasteiger partial charge in [0.1, 0.15) is 0 Å². The van der Waals surface area contributed by atoms with E-state index in [1.54, 1.807) is 18.2 Å². The summed E-state index contributed by atoms with van der Waals surface area (Å²) < 4.78 is 0. The number of nitrogens with one attached hydrogen (secondary N) is 2. The number of rotatable bonds is 4. The highest BCUT2D eigenvalue weighted by Crippen LogP contribution is 2.25. The van der Waals surface area contributed by atoms with Crippen LogP contribution in [0.4, 0.5) is 10.5 Å². The van der Waals surface area contributed by atoms with E-state index >= 15 is 0 Å². The molecule has 0 saturated heterocycles. The van der Waals surface area contributed by atoms with Crippen LogP contribution in [0.1, 0.15) is 19.4 Å². The summed E-state index contributed by atoms with van der Waals surface area (Å²) in [5.41, 5.74) is 1.39. The Kier molecular flexibility index (Phi) is 5.33. The Balaban J connectivity index is 1.96. The van der Waals surface area contributed by atoms with Gasteiger partial charge in [0.25, 0.3) is 0 Å². The van der Waals surface area contributed by atoms with Crippen LogP contribution in [0, 0.1) is 0 Å². The zero-order valence-electron chi connectivity index (χ0n) is 12.5. The molecule has 2 aromatic carbocycles. The van der Waals surface area contributed by atoms with E-state index in [0.717, 1.165) is 6.42 Å². The Labute approximate surface area is 140 Å². The molecule has 2 rings (SSSR count). The normalized spacial score (nSPS) is 11.1. The molecule has 0 radical (unpaired) electrons. The summed E-state index contributed by atoms with van der Waals surface area (Å²) in [5, 5.41) is 6.58. The van der Waals surface area contributed by atoms with E-state index in [9.17, 15) is 4.79 Å². The standard InChI is InChI=1S/C17H18Cl2N2O/c1-17(2,11-12-6-4-3-5-7-12)21-16(22)20-13-8-9-14(18)15(19)10-13/h3-10H,11H2,1-2H3,(H2,20,21,22). The molecule has 0 atom stereocenters. The van der Waals surface area contributed by atoms with Gasteiger partial charge in [-0.05, 0) is 44.0 Å². The molecule has 0 unspecified atom stereocenters. The van der Waals surface area contributed by atoms with Crippen molar-refractivity contribution < 1.29 is 4.79 Å². The van der Waals surface area contributed by atoms with Gasteiger partial charge in [-0.2, -0.15) is 0 Å². The maximum Gasteiger partial charge on any atom is 0.319 e. The third-order valence-corrected chi connectivity index (χ3v) is 3.86. The van der Waals surface area contributed by atoms with E-state index in [-0.39, 0.29) is 11.6 Å². The average molecular weight is 337 g/mol. The van der Waals surface area contributed by atoms with E-state index < -0.39 is 0 Å². The SMILES string of the molecule is CC(C)(Cc1ccccc1)NC(=O)Nc1ccc(Cl)c(Cl)c1. The summed E-state index contributed by atoms with van der Waals surface area (Å²) in [6, 6.07) is 14.7. The van der Waals surface area contributed by atoms with Crippen molar-refractivity contribution in [2.45, 2.75) is 25.8 Å². The second kappa shape index (κ2) is 7.03. The molecule has 0 aliphatic heterocycles. The Hall–Kier alpha value is -1.71. The highest BCUT2D eigenvalue weighted by Gasteiger charge is 2.21. The number of halogens is 2. The second-order valence-electron chi connectivity index (χ2n) is 5.75. The van der Waals surface area contributed by atoms with Crippen LogP contribution in [-0.2, 0) is 6.42 Å². The molecule has 2 N–H and O–H groups in total. The molecule has 2 aromatic rings. The van der Waals surface area contributed by atoms with Crippen molar-refractivity contribution in [2.75, 3.05) is 5.32 Å². The number of carbonyl (C=O) groups is 1. The molecule has 0 saturated carbocycles. The maximum atomic E-state index is 12.1. The van der Waals surface area contributed by atoms with Crippen LogP contribution in [0.25, 0.3) is 0 Å². The monoisotopic (exact) mass is 336 g/mol. The highest BCUT2D eigenvalue weighted by molar-refractivity contribution is 6.42. The number of carbonyl (C=O) groups excluding carboxylic acids is 1. The molecule has 0 heterocycles. The predicted molar refractivity (Wildman–Crippen MR) is 92.8 cm³/mol. The first-order valence-electron chi connectivity index (χ1n) is 6.94. The third kappa shape index (κ3) is 4.93. The number of urea groups is 1. The predicted octanol–water partition coefficient (Wildman–Crippen LogP) is 5.14. The first kappa shape index (κ1) is 16.7. The van der Waals surface area contributed by atoms with Gasteiger partial charge in [-0.3, -0.25) is 0 Å². The van der Waals surface area contributed by atoms with Gasteiger partial charge in [-0.25, -0.2) is 4.79 Å². The fraction of sp³-hybridized carbons (Fsp3) is 0.235. The summed E-state index contributed by atoms with van der Waals surface area (Å²) in [4.78, 5) is 12.1. The number of amides is 2. The van der Waals surface area contributed by atoms with Gasteiger partial charge in [0.15, 0.2) is 0 Å². The molecule has 0 aromatic heterocycles. The Morgan fingerprint density at radius 2 is 1.73 bits per heavy atom. The first-order chi connectivity index (χ1) is 10.4. The molecule has 0 aliphatic rings. The molecular formula is C17H18Cl2N2O. The summed E-state index contributed by atoms with van der Waals surface area (Å²) in [6.45, 7) is 3.96. The molecule has 0 aliphatic carbocycles. The molecular weight excluding hydrogens is 319 g/mol. The lowest BCUT2D eigenvalue weighted by atomic mass is 9.95. The number of benzene rings is 2. The number of hydrogen-bond donors (Lipinski definition) is 2. The Morgan fingerprint density at radius 1 is 1.05 bits per heavy atom. The molecule has 0 bridgehead atoms. The van der Waals surface area contributed by atoms with Crippen LogP contribution in [0.2, 0.25) is 10.0 Å². The smallest absolute Gasteiger partial charge is 0.319 e. The highest BCUT2D eigenvalue weighted by atomic mass is 35.5. The van der Waals surface area contributed by atoms with Crippen molar-refractivity contribution in [2.24, 2.45) is 0 Å². The van der Waals surface area contributed by atoms with Gasteiger partial charge in [-0.15, -0.1) is 0 Å². The van der Waals surface area contributed by atoms with Gasteiger partial charge in [0, 0.05) is 11.2 Å². The van der Waals surface area contributed by atoms with Crippen molar-refractivity contribution in [3.8, 4) is 0 Å². The third-order valence-electron chi connectivity index (χ3n) is 3.12. The minimum Gasteiger partial charge on any atom is -0.333 e. The summed E-state index contributed by atoms with van der Waals surface area (Å²) in [6.07, 6.45) is 0.739. The lowest BCUT2D eigenvalue weighted by Crippen LogP contribution is -2.47. The first-order valence-corrected chi connectivity index (χ1v) is 7.69. The van der Waals surface area contributed by atoms with Gasteiger partial charge < -0.3 is 10.6 Å². The number of hydrogen-bond acceptors (Lipinski definition) is 1. The Morgan fingerprint density at radius 3 is 2.36 bits per heavy atom. The molecule has 22 heavy (non-hydrogen) atoms. The minimum absolute atomic E-state index is 0.278. The average Bonchev–Trinajstić information content (AvgIpc) is 2.42. The van der Waals surface area contributed by atoms with Crippen LogP contribution >= 0.6 is 23.2 Å². The Bertz CT molecular complexity index is 657. The molecule has 3 nitrogen and oxygen atoms in total. The van der Waals surface area contributed by atoms with Gasteiger partial charge in [-0.1, -0.05) is 53.5 Å². The summed E-state index contributed by atoms with van der Waals surface area (Å²) >= 11 is 11.8. The quantitative estimate of drug-likeness (QED) is 0.797. The van der Waals surface area contributed by atoms with Gasteiger partial charge >= 0.3 is 6.03 Å². The largest absolute Gasteiger partial charge is 0.333 e. The lowest BCUT2D eigenvalue weighted by Gasteiger charge is -2.26. The van der Waals surface area contributed by atoms with Crippen LogP contribution in [0.5, 0.6) is 0 Å². The minimum atomic E-state index is -0.373. The molecule has 116 valence electrons. The lowest BCUT2D eigenvalue weighted by molar-refractivity contribution is 0.241. The zero-order valence-corrected chi connectivity index (χ0v) is 14.0. The van der Waals surface area contributed by atoms with Crippen molar-refractivity contribution >= 4 is 34.9 Å². The fourth-order valence-electron chi connectivity index (χ4n) is 2.19. The summed E-state index contributed by atoms with van der Waals surface area (Å²) in [7, 11) is 0. The van der Waals surface area contributed by atoms with Crippen LogP contribution in [-0.4, -0.2) is 11.6 Å². The zero-order chi connectivity index (χ0) is 16.2. The maximum absolute atomic E-state index is 12.1. The molecule has 0 fully saturated rings. The van der Waals surface area contributed by atoms with Crippen molar-refractivity contribution in [1.29, 1.82) is 0 Å². The van der Waals surface area contributed by atoms with Crippen molar-refractivity contribution in [3.05, 3.63) is 64.1 Å². The van der Waals surface area contributed by atoms with E-state index in [1.165, 1.54) is 5.56 Å². The van der Waals surface area contributed by atoms with Crippen molar-refractivity contribution in [3.63, 3.8) is 0 Å².